The van der Waals surface area contributed by atoms with Gasteiger partial charge in [0.25, 0.3) is 0 Å². The zero-order valence-corrected chi connectivity index (χ0v) is 10.6. The van der Waals surface area contributed by atoms with E-state index in [4.69, 9.17) is 0 Å². The average Bonchev–Trinajstić information content (AvgIpc) is 2.75. The van der Waals surface area contributed by atoms with Crippen molar-refractivity contribution in [2.75, 3.05) is 6.54 Å². The molecule has 5 nitrogen and oxygen atoms in total. The van der Waals surface area contributed by atoms with Gasteiger partial charge < -0.3 is 10.4 Å². The van der Waals surface area contributed by atoms with E-state index in [1.807, 2.05) is 6.92 Å². The molecule has 1 unspecified atom stereocenters. The zero-order valence-electron chi connectivity index (χ0n) is 10.6. The van der Waals surface area contributed by atoms with Crippen LogP contribution < -0.4 is 10.6 Å². The van der Waals surface area contributed by atoms with Crippen molar-refractivity contribution in [1.82, 2.24) is 10.6 Å². The number of hydrogen-bond acceptors (Lipinski definition) is 3. The second-order valence-corrected chi connectivity index (χ2v) is 4.75. The van der Waals surface area contributed by atoms with E-state index in [1.165, 1.54) is 0 Å². The first-order valence-corrected chi connectivity index (χ1v) is 6.30. The molecule has 1 aliphatic carbocycles. The number of hydrogen-bond donors (Lipinski definition) is 3. The monoisotopic (exact) mass is 242 g/mol. The number of carbonyl (C=O) groups is 2. The van der Waals surface area contributed by atoms with E-state index < -0.39 is 17.6 Å². The van der Waals surface area contributed by atoms with E-state index in [1.54, 1.807) is 6.92 Å². The maximum atomic E-state index is 11.7. The van der Waals surface area contributed by atoms with Crippen LogP contribution in [0.2, 0.25) is 0 Å². The lowest BCUT2D eigenvalue weighted by Gasteiger charge is -2.28. The number of aliphatic carboxylic acids is 1. The Morgan fingerprint density at radius 1 is 1.35 bits per heavy atom. The third-order valence-electron chi connectivity index (χ3n) is 3.30. The Labute approximate surface area is 102 Å². The number of carbonyl (C=O) groups excluding carboxylic acids is 1. The van der Waals surface area contributed by atoms with Gasteiger partial charge in [-0.3, -0.25) is 14.9 Å². The molecular weight excluding hydrogens is 220 g/mol. The van der Waals surface area contributed by atoms with Gasteiger partial charge in [-0.25, -0.2) is 0 Å². The Bertz CT molecular complexity index is 285. The van der Waals surface area contributed by atoms with Crippen molar-refractivity contribution in [2.24, 2.45) is 0 Å². The lowest BCUT2D eigenvalue weighted by atomic mass is 9.96. The maximum Gasteiger partial charge on any atom is 0.323 e. The van der Waals surface area contributed by atoms with Crippen LogP contribution in [0.3, 0.4) is 0 Å². The van der Waals surface area contributed by atoms with E-state index >= 15 is 0 Å². The number of carboxylic acid groups (broad SMARTS) is 1. The highest BCUT2D eigenvalue weighted by atomic mass is 16.4. The van der Waals surface area contributed by atoms with Crippen molar-refractivity contribution in [1.29, 1.82) is 0 Å². The van der Waals surface area contributed by atoms with E-state index in [-0.39, 0.29) is 5.91 Å². The summed E-state index contributed by atoms with van der Waals surface area (Å²) in [5, 5.41) is 15.0. The SMILES string of the molecule is CCCNC(=O)C(C)NC1(C(=O)O)CCCC1. The Kier molecular flexibility index (Phi) is 4.93. The van der Waals surface area contributed by atoms with Crippen LogP contribution in [0.1, 0.15) is 46.0 Å². The van der Waals surface area contributed by atoms with Gasteiger partial charge in [0.05, 0.1) is 6.04 Å². The van der Waals surface area contributed by atoms with Gasteiger partial charge in [0.15, 0.2) is 0 Å². The smallest absolute Gasteiger partial charge is 0.323 e. The van der Waals surface area contributed by atoms with Crippen LogP contribution in [0.5, 0.6) is 0 Å². The van der Waals surface area contributed by atoms with Crippen molar-refractivity contribution in [2.45, 2.75) is 57.5 Å². The van der Waals surface area contributed by atoms with E-state index in [9.17, 15) is 14.7 Å². The van der Waals surface area contributed by atoms with Gasteiger partial charge in [0.1, 0.15) is 5.54 Å². The second-order valence-electron chi connectivity index (χ2n) is 4.75. The molecule has 0 aromatic heterocycles. The zero-order chi connectivity index (χ0) is 12.9. The first-order valence-electron chi connectivity index (χ1n) is 6.30. The lowest BCUT2D eigenvalue weighted by molar-refractivity contribution is -0.145. The van der Waals surface area contributed by atoms with E-state index in [0.717, 1.165) is 19.3 Å². The van der Waals surface area contributed by atoms with Gasteiger partial charge in [-0.2, -0.15) is 0 Å². The second kappa shape index (κ2) is 6.00. The predicted molar refractivity (Wildman–Crippen MR) is 64.7 cm³/mol. The third kappa shape index (κ3) is 3.43. The van der Waals surface area contributed by atoms with Crippen LogP contribution in [0.25, 0.3) is 0 Å². The summed E-state index contributed by atoms with van der Waals surface area (Å²) in [4.78, 5) is 23.0. The summed E-state index contributed by atoms with van der Waals surface area (Å²) in [7, 11) is 0. The molecule has 0 aromatic carbocycles. The predicted octanol–water partition coefficient (Wildman–Crippen LogP) is 0.888. The summed E-state index contributed by atoms with van der Waals surface area (Å²) >= 11 is 0. The van der Waals surface area contributed by atoms with Gasteiger partial charge in [0.2, 0.25) is 5.91 Å². The molecule has 17 heavy (non-hydrogen) atoms. The third-order valence-corrected chi connectivity index (χ3v) is 3.30. The molecule has 1 fully saturated rings. The van der Waals surface area contributed by atoms with Crippen molar-refractivity contribution in [3.05, 3.63) is 0 Å². The number of carboxylic acids is 1. The Balaban J connectivity index is 2.55. The molecule has 1 atom stereocenters. The van der Waals surface area contributed by atoms with Crippen LogP contribution in [-0.2, 0) is 9.59 Å². The Hall–Kier alpha value is -1.10. The quantitative estimate of drug-likeness (QED) is 0.646. The van der Waals surface area contributed by atoms with Crippen molar-refractivity contribution in [3.63, 3.8) is 0 Å². The van der Waals surface area contributed by atoms with Crippen LogP contribution in [-0.4, -0.2) is 35.1 Å². The molecular formula is C12H22N2O3. The Morgan fingerprint density at radius 2 is 1.94 bits per heavy atom. The van der Waals surface area contributed by atoms with Gasteiger partial charge in [-0.05, 0) is 26.2 Å². The molecule has 0 aromatic rings. The molecule has 0 aliphatic heterocycles. The van der Waals surface area contributed by atoms with E-state index in [2.05, 4.69) is 10.6 Å². The molecule has 5 heteroatoms. The molecule has 3 N–H and O–H groups in total. The maximum absolute atomic E-state index is 11.7. The fraction of sp³-hybridized carbons (Fsp3) is 0.833. The molecule has 98 valence electrons. The first kappa shape index (κ1) is 14.0. The molecule has 1 aliphatic rings. The van der Waals surface area contributed by atoms with Gasteiger partial charge in [0, 0.05) is 6.54 Å². The summed E-state index contributed by atoms with van der Waals surface area (Å²) in [6, 6.07) is -0.462. The number of amides is 1. The largest absolute Gasteiger partial charge is 0.480 e. The van der Waals surface area contributed by atoms with E-state index in [0.29, 0.717) is 19.4 Å². The number of rotatable bonds is 6. The van der Waals surface area contributed by atoms with Crippen molar-refractivity contribution in [3.8, 4) is 0 Å². The fourth-order valence-corrected chi connectivity index (χ4v) is 2.28. The van der Waals surface area contributed by atoms with Crippen LogP contribution in [0.15, 0.2) is 0 Å². The topological polar surface area (TPSA) is 78.4 Å². The normalized spacial score (nSPS) is 19.9. The summed E-state index contributed by atoms with van der Waals surface area (Å²) in [6.45, 7) is 4.33. The van der Waals surface area contributed by atoms with Gasteiger partial charge in [-0.15, -0.1) is 0 Å². The fourth-order valence-electron chi connectivity index (χ4n) is 2.28. The van der Waals surface area contributed by atoms with Crippen molar-refractivity contribution >= 4 is 11.9 Å². The molecule has 0 heterocycles. The Morgan fingerprint density at radius 3 is 2.41 bits per heavy atom. The van der Waals surface area contributed by atoms with Crippen LogP contribution >= 0.6 is 0 Å². The van der Waals surface area contributed by atoms with Gasteiger partial charge >= 0.3 is 5.97 Å². The minimum Gasteiger partial charge on any atom is -0.480 e. The summed E-state index contributed by atoms with van der Waals surface area (Å²) in [5.41, 5.74) is -0.900. The molecule has 0 radical (unpaired) electrons. The van der Waals surface area contributed by atoms with Gasteiger partial charge in [-0.1, -0.05) is 19.8 Å². The average molecular weight is 242 g/mol. The first-order chi connectivity index (χ1) is 8.02. The highest BCUT2D eigenvalue weighted by molar-refractivity contribution is 5.84. The summed E-state index contributed by atoms with van der Waals surface area (Å²) in [5.74, 6) is -0.968. The summed E-state index contributed by atoms with van der Waals surface area (Å²) < 4.78 is 0. The standard InChI is InChI=1S/C12H22N2O3/c1-3-8-13-10(15)9(2)14-12(11(16)17)6-4-5-7-12/h9,14H,3-8H2,1-2H3,(H,13,15)(H,16,17). The highest BCUT2D eigenvalue weighted by Crippen LogP contribution is 2.30. The molecule has 1 amide bonds. The number of nitrogens with one attached hydrogen (secondary N) is 2. The molecule has 0 spiro atoms. The molecule has 0 bridgehead atoms. The lowest BCUT2D eigenvalue weighted by Crippen LogP contribution is -2.57. The molecule has 1 rings (SSSR count). The van der Waals surface area contributed by atoms with Crippen LogP contribution in [0.4, 0.5) is 0 Å². The minimum absolute atomic E-state index is 0.126. The van der Waals surface area contributed by atoms with Crippen LogP contribution in [0, 0.1) is 0 Å². The highest BCUT2D eigenvalue weighted by Gasteiger charge is 2.42. The minimum atomic E-state index is -0.900. The molecule has 0 saturated heterocycles. The van der Waals surface area contributed by atoms with Crippen molar-refractivity contribution < 1.29 is 14.7 Å². The molecule has 1 saturated carbocycles. The summed E-state index contributed by atoms with van der Waals surface area (Å²) in [6.07, 6.45) is 3.90.